The predicted octanol–water partition coefficient (Wildman–Crippen LogP) is 4.77. The molecule has 0 aliphatic rings. The normalized spacial score (nSPS) is 12.2. The topological polar surface area (TPSA) is 87.7 Å². The van der Waals surface area contributed by atoms with Crippen molar-refractivity contribution in [1.29, 1.82) is 0 Å². The molecule has 145 valence electrons. The van der Waals surface area contributed by atoms with E-state index in [0.717, 1.165) is 11.1 Å². The van der Waals surface area contributed by atoms with Gasteiger partial charge in [-0.3, -0.25) is 14.8 Å². The summed E-state index contributed by atoms with van der Waals surface area (Å²) in [7, 11) is -4.10. The van der Waals surface area contributed by atoms with Crippen LogP contribution in [0.1, 0.15) is 21.5 Å². The predicted molar refractivity (Wildman–Crippen MR) is 117 cm³/mol. The molecule has 0 aliphatic heterocycles. The number of hydrogen-bond acceptors (Lipinski definition) is 3. The fraction of sp³-hybridized carbons (Fsp3) is 0.0952. The molecule has 0 heterocycles. The van der Waals surface area contributed by atoms with Gasteiger partial charge in [-0.1, -0.05) is 35.4 Å². The van der Waals surface area contributed by atoms with Crippen molar-refractivity contribution in [3.05, 3.63) is 89.5 Å². The third kappa shape index (κ3) is 7.03. The van der Waals surface area contributed by atoms with Gasteiger partial charge in [0.2, 0.25) is 0 Å². The molecule has 0 aromatic heterocycles. The second-order valence-electron chi connectivity index (χ2n) is 6.43. The first-order valence-electron chi connectivity index (χ1n) is 8.66. The molecule has 1 radical (unpaired) electrons. The third-order valence-electron chi connectivity index (χ3n) is 3.98. The van der Waals surface area contributed by atoms with Gasteiger partial charge in [0, 0.05) is 46.5 Å². The van der Waals surface area contributed by atoms with Gasteiger partial charge in [0.05, 0.1) is 0 Å². The number of aryl methyl sites for hydroxylation is 2. The third-order valence-corrected chi connectivity index (χ3v) is 4.98. The minimum Gasteiger partial charge on any atom is -0.409 e. The van der Waals surface area contributed by atoms with Gasteiger partial charge in [-0.25, -0.2) is 4.57 Å². The summed E-state index contributed by atoms with van der Waals surface area (Å²) < 4.78 is 17.4. The van der Waals surface area contributed by atoms with Crippen LogP contribution in [0.4, 0.5) is 11.4 Å². The maximum Gasteiger partial charge on any atom is 0.483 e. The molecule has 3 aromatic rings. The summed E-state index contributed by atoms with van der Waals surface area (Å²) in [6, 6.07) is 20.5. The Bertz CT molecular complexity index is 1010. The molecule has 1 atom stereocenters. The van der Waals surface area contributed by atoms with Gasteiger partial charge in [0.15, 0.2) is 0 Å². The fourth-order valence-corrected chi connectivity index (χ4v) is 3.39. The van der Waals surface area contributed by atoms with E-state index >= 15 is 0 Å². The molecule has 0 bridgehead atoms. The van der Waals surface area contributed by atoms with E-state index in [1.807, 2.05) is 50.2 Å². The molecule has 8 heteroatoms. The number of amides is 1. The van der Waals surface area contributed by atoms with Crippen molar-refractivity contribution in [3.8, 4) is 5.75 Å². The average Bonchev–Trinajstić information content (AvgIpc) is 2.65. The number of rotatable bonds is 6. The van der Waals surface area contributed by atoms with Crippen LogP contribution >= 0.6 is 7.75 Å². The number of hydrogen-bond donors (Lipinski definition) is 3. The number of anilines is 2. The average molecular weight is 419 g/mol. The zero-order chi connectivity index (χ0) is 20.1. The summed E-state index contributed by atoms with van der Waals surface area (Å²) in [5.74, 6) is -0.0994. The zero-order valence-electron chi connectivity index (χ0n) is 16.5. The van der Waals surface area contributed by atoms with Crippen molar-refractivity contribution in [2.75, 3.05) is 10.4 Å². The van der Waals surface area contributed by atoms with Gasteiger partial charge in [-0.15, -0.1) is 0 Å². The Hall–Kier alpha value is -2.08. The first-order valence-corrected chi connectivity index (χ1v) is 10.2. The van der Waals surface area contributed by atoms with E-state index in [1.54, 1.807) is 12.1 Å². The molecule has 3 aromatic carbocycles. The fourth-order valence-electron chi connectivity index (χ4n) is 2.46. The molecule has 3 N–H and O–H groups in total. The Kier molecular flexibility index (Phi) is 8.08. The van der Waals surface area contributed by atoms with Gasteiger partial charge < -0.3 is 9.84 Å². The maximum atomic E-state index is 12.3. The van der Waals surface area contributed by atoms with Crippen LogP contribution < -0.4 is 14.9 Å². The first-order chi connectivity index (χ1) is 13.3. The van der Waals surface area contributed by atoms with Gasteiger partial charge in [0.1, 0.15) is 5.75 Å². The van der Waals surface area contributed by atoms with E-state index in [-0.39, 0.29) is 41.2 Å². The van der Waals surface area contributed by atoms with Crippen molar-refractivity contribution >= 4 is 54.6 Å². The number of carbonyl (C=O) groups is 1. The number of carbonyl (C=O) groups excluding carboxylic acids is 1. The molecule has 0 fully saturated rings. The van der Waals surface area contributed by atoms with Crippen LogP contribution in [-0.4, -0.2) is 40.4 Å². The maximum absolute atomic E-state index is 12.3. The smallest absolute Gasteiger partial charge is 0.409 e. The minimum atomic E-state index is -4.10. The van der Waals surface area contributed by atoms with Gasteiger partial charge in [-0.2, -0.15) is 0 Å². The van der Waals surface area contributed by atoms with E-state index in [9.17, 15) is 14.3 Å². The van der Waals surface area contributed by atoms with E-state index in [2.05, 4.69) is 10.4 Å². The summed E-state index contributed by atoms with van der Waals surface area (Å²) in [6.07, 6.45) is 0. The van der Waals surface area contributed by atoms with Crippen LogP contribution in [0.15, 0.2) is 72.8 Å². The minimum absolute atomic E-state index is 0. The summed E-state index contributed by atoms with van der Waals surface area (Å²) in [4.78, 5) is 22.3. The van der Waals surface area contributed by atoms with Crippen molar-refractivity contribution in [3.63, 3.8) is 0 Å². The molecule has 1 unspecified atom stereocenters. The molecule has 0 saturated heterocycles. The summed E-state index contributed by atoms with van der Waals surface area (Å²) in [5, 5.41) is 5.27. The molecular weight excluding hydrogens is 398 g/mol. The van der Waals surface area contributed by atoms with Crippen LogP contribution in [0.2, 0.25) is 0 Å². The number of benzene rings is 3. The molecule has 0 aliphatic carbocycles. The van der Waals surface area contributed by atoms with Crippen LogP contribution in [0, 0.1) is 13.8 Å². The quantitative estimate of drug-likeness (QED) is 0.396. The summed E-state index contributed by atoms with van der Waals surface area (Å²) in [6.45, 7) is 3.90. The van der Waals surface area contributed by atoms with Crippen molar-refractivity contribution in [1.82, 2.24) is 0 Å². The molecule has 3 rings (SSSR count). The molecular formula is C21H21N2NaO4P. The van der Waals surface area contributed by atoms with E-state index < -0.39 is 7.75 Å². The Balaban J connectivity index is 0.00000300. The van der Waals surface area contributed by atoms with Gasteiger partial charge >= 0.3 is 7.75 Å². The summed E-state index contributed by atoms with van der Waals surface area (Å²) >= 11 is 0. The van der Waals surface area contributed by atoms with Crippen LogP contribution in [0.25, 0.3) is 0 Å². The second-order valence-corrected chi connectivity index (χ2v) is 7.88. The van der Waals surface area contributed by atoms with E-state index in [1.165, 1.54) is 24.3 Å². The molecule has 29 heavy (non-hydrogen) atoms. The van der Waals surface area contributed by atoms with Crippen LogP contribution in [-0.2, 0) is 4.57 Å². The van der Waals surface area contributed by atoms with Gasteiger partial charge in [0.25, 0.3) is 5.91 Å². The molecule has 6 nitrogen and oxygen atoms in total. The first kappa shape index (κ1) is 23.2. The monoisotopic (exact) mass is 419 g/mol. The van der Waals surface area contributed by atoms with E-state index in [4.69, 9.17) is 4.52 Å². The van der Waals surface area contributed by atoms with Gasteiger partial charge in [-0.05, 0) is 62.4 Å². The largest absolute Gasteiger partial charge is 0.483 e. The Morgan fingerprint density at radius 3 is 1.83 bits per heavy atom. The van der Waals surface area contributed by atoms with Crippen molar-refractivity contribution in [2.24, 2.45) is 0 Å². The second kappa shape index (κ2) is 10.1. The standard InChI is InChI=1S/C21H21N2O4P.Na/c1-15-3-9-18(10-4-15)22-21(24)17-7-13-20(14-8-17)27-28(25,26)23-19-11-5-16(2)6-12-19;/h3-14H,1-2H3,(H,22,24)(H2,23,25,26);. The Morgan fingerprint density at radius 2 is 1.31 bits per heavy atom. The van der Waals surface area contributed by atoms with Crippen LogP contribution in [0.3, 0.4) is 0 Å². The molecule has 0 spiro atoms. The molecule has 1 amide bonds. The number of nitrogens with one attached hydrogen (secondary N) is 2. The SMILES string of the molecule is Cc1ccc(NC(=O)c2ccc(OP(=O)(O)Nc3ccc(C)cc3)cc2)cc1.[Na]. The van der Waals surface area contributed by atoms with Crippen molar-refractivity contribution < 1.29 is 18.8 Å². The van der Waals surface area contributed by atoms with E-state index in [0.29, 0.717) is 16.9 Å². The van der Waals surface area contributed by atoms with Crippen molar-refractivity contribution in [2.45, 2.75) is 13.8 Å². The van der Waals surface area contributed by atoms with Crippen LogP contribution in [0.5, 0.6) is 5.75 Å². The molecule has 0 saturated carbocycles. The zero-order valence-corrected chi connectivity index (χ0v) is 19.4. The summed E-state index contributed by atoms with van der Waals surface area (Å²) in [5.41, 5.74) is 3.72. The Labute approximate surface area is 192 Å². The Morgan fingerprint density at radius 1 is 0.828 bits per heavy atom.